The van der Waals surface area contributed by atoms with Gasteiger partial charge >= 0.3 is 0 Å². The van der Waals surface area contributed by atoms with Crippen LogP contribution in [0.15, 0.2) is 17.5 Å². The van der Waals surface area contributed by atoms with Gasteiger partial charge in [-0.25, -0.2) is 0 Å². The molecule has 2 rings (SSSR count). The van der Waals surface area contributed by atoms with E-state index >= 15 is 0 Å². The Kier molecular flexibility index (Phi) is 5.47. The largest absolute Gasteiger partial charge is 0.311 e. The van der Waals surface area contributed by atoms with Crippen molar-refractivity contribution < 1.29 is 0 Å². The van der Waals surface area contributed by atoms with Crippen LogP contribution in [-0.2, 0) is 6.42 Å². The molecule has 1 N–H and O–H groups in total. The highest BCUT2D eigenvalue weighted by atomic mass is 32.1. The van der Waals surface area contributed by atoms with E-state index in [0.29, 0.717) is 6.04 Å². The third-order valence-electron chi connectivity index (χ3n) is 4.61. The molecule has 108 valence electrons. The van der Waals surface area contributed by atoms with Crippen LogP contribution in [0, 0.1) is 17.8 Å². The molecule has 0 radical (unpaired) electrons. The van der Waals surface area contributed by atoms with Crippen LogP contribution in [0.1, 0.15) is 51.8 Å². The van der Waals surface area contributed by atoms with E-state index < -0.39 is 0 Å². The summed E-state index contributed by atoms with van der Waals surface area (Å²) in [6.45, 7) is 9.53. The minimum Gasteiger partial charge on any atom is -0.311 e. The minimum atomic E-state index is 0.593. The molecule has 19 heavy (non-hydrogen) atoms. The van der Waals surface area contributed by atoms with Crippen LogP contribution in [0.4, 0.5) is 0 Å². The first-order valence-corrected chi connectivity index (χ1v) is 8.72. The fraction of sp³-hybridized carbons (Fsp3) is 0.765. The van der Waals surface area contributed by atoms with E-state index in [1.807, 2.05) is 11.3 Å². The average Bonchev–Trinajstić information content (AvgIpc) is 2.81. The van der Waals surface area contributed by atoms with Crippen molar-refractivity contribution in [2.75, 3.05) is 0 Å². The highest BCUT2D eigenvalue weighted by molar-refractivity contribution is 7.09. The maximum absolute atomic E-state index is 3.93. The maximum atomic E-state index is 3.93. The third kappa shape index (κ3) is 4.32. The highest BCUT2D eigenvalue weighted by Gasteiger charge is 2.31. The van der Waals surface area contributed by atoms with Crippen LogP contribution in [0.3, 0.4) is 0 Å². The van der Waals surface area contributed by atoms with Gasteiger partial charge in [0.25, 0.3) is 0 Å². The standard InChI is InChI=1S/C17H29NS/c1-12(2)16-8-7-13(3)10-17(16)18-14(4)11-15-6-5-9-19-15/h5-6,9,12-14,16-18H,7-8,10-11H2,1-4H3. The summed E-state index contributed by atoms with van der Waals surface area (Å²) in [4.78, 5) is 1.50. The Balaban J connectivity index is 1.90. The summed E-state index contributed by atoms with van der Waals surface area (Å²) < 4.78 is 0. The summed E-state index contributed by atoms with van der Waals surface area (Å²) in [6.07, 6.45) is 5.35. The lowest BCUT2D eigenvalue weighted by molar-refractivity contribution is 0.161. The number of thiophene rings is 1. The fourth-order valence-corrected chi connectivity index (χ4v) is 4.38. The van der Waals surface area contributed by atoms with Crippen LogP contribution in [0.2, 0.25) is 0 Å². The Morgan fingerprint density at radius 3 is 2.74 bits per heavy atom. The zero-order valence-electron chi connectivity index (χ0n) is 12.9. The molecule has 4 unspecified atom stereocenters. The molecule has 1 aromatic heterocycles. The molecule has 1 fully saturated rings. The number of hydrogen-bond acceptors (Lipinski definition) is 2. The topological polar surface area (TPSA) is 12.0 Å². The number of rotatable bonds is 5. The van der Waals surface area contributed by atoms with Crippen molar-refractivity contribution in [1.82, 2.24) is 5.32 Å². The van der Waals surface area contributed by atoms with Gasteiger partial charge in [-0.2, -0.15) is 0 Å². The van der Waals surface area contributed by atoms with Crippen molar-refractivity contribution in [2.45, 2.75) is 65.5 Å². The van der Waals surface area contributed by atoms with Gasteiger partial charge in [-0.1, -0.05) is 33.3 Å². The van der Waals surface area contributed by atoms with Crippen LogP contribution in [0.5, 0.6) is 0 Å². The molecule has 1 heterocycles. The lowest BCUT2D eigenvalue weighted by Crippen LogP contribution is -2.47. The molecule has 2 heteroatoms. The first-order valence-electron chi connectivity index (χ1n) is 7.84. The summed E-state index contributed by atoms with van der Waals surface area (Å²) >= 11 is 1.88. The lowest BCUT2D eigenvalue weighted by atomic mass is 9.74. The summed E-state index contributed by atoms with van der Waals surface area (Å²) in [7, 11) is 0. The maximum Gasteiger partial charge on any atom is 0.0103 e. The molecule has 0 aliphatic heterocycles. The molecular formula is C17H29NS. The van der Waals surface area contributed by atoms with Crippen molar-refractivity contribution in [3.8, 4) is 0 Å². The van der Waals surface area contributed by atoms with Crippen molar-refractivity contribution >= 4 is 11.3 Å². The molecule has 0 aromatic carbocycles. The van der Waals surface area contributed by atoms with E-state index in [1.165, 1.54) is 30.6 Å². The van der Waals surface area contributed by atoms with E-state index in [-0.39, 0.29) is 0 Å². The van der Waals surface area contributed by atoms with Gasteiger partial charge in [0.15, 0.2) is 0 Å². The van der Waals surface area contributed by atoms with Gasteiger partial charge in [-0.05, 0) is 55.4 Å². The van der Waals surface area contributed by atoms with Gasteiger partial charge in [0.1, 0.15) is 0 Å². The normalized spacial score (nSPS) is 29.6. The Hall–Kier alpha value is -0.340. The molecule has 1 aliphatic rings. The first-order chi connectivity index (χ1) is 9.06. The molecule has 0 bridgehead atoms. The minimum absolute atomic E-state index is 0.593. The lowest BCUT2D eigenvalue weighted by Gasteiger charge is -2.39. The molecule has 0 amide bonds. The van der Waals surface area contributed by atoms with Gasteiger partial charge in [0.05, 0.1) is 0 Å². The van der Waals surface area contributed by atoms with E-state index in [9.17, 15) is 0 Å². The van der Waals surface area contributed by atoms with E-state index in [0.717, 1.165) is 23.8 Å². The van der Waals surface area contributed by atoms with Crippen molar-refractivity contribution in [3.63, 3.8) is 0 Å². The molecule has 1 nitrogen and oxygen atoms in total. The van der Waals surface area contributed by atoms with Crippen LogP contribution >= 0.6 is 11.3 Å². The van der Waals surface area contributed by atoms with E-state index in [2.05, 4.69) is 50.5 Å². The summed E-state index contributed by atoms with van der Waals surface area (Å²) in [6, 6.07) is 5.73. The summed E-state index contributed by atoms with van der Waals surface area (Å²) in [5.74, 6) is 2.56. The molecule has 0 saturated heterocycles. The summed E-state index contributed by atoms with van der Waals surface area (Å²) in [5, 5.41) is 6.11. The second kappa shape index (κ2) is 6.90. The zero-order valence-corrected chi connectivity index (χ0v) is 13.7. The van der Waals surface area contributed by atoms with Crippen LogP contribution in [-0.4, -0.2) is 12.1 Å². The third-order valence-corrected chi connectivity index (χ3v) is 5.51. The van der Waals surface area contributed by atoms with Crippen molar-refractivity contribution in [3.05, 3.63) is 22.4 Å². The van der Waals surface area contributed by atoms with Gasteiger partial charge in [-0.3, -0.25) is 0 Å². The monoisotopic (exact) mass is 279 g/mol. The number of nitrogens with one attached hydrogen (secondary N) is 1. The fourth-order valence-electron chi connectivity index (χ4n) is 3.55. The Labute approximate surface area is 122 Å². The SMILES string of the molecule is CC1CCC(C(C)C)C(NC(C)Cc2cccs2)C1. The second-order valence-corrected chi connectivity index (χ2v) is 7.82. The highest BCUT2D eigenvalue weighted by Crippen LogP contribution is 2.33. The van der Waals surface area contributed by atoms with E-state index in [1.54, 1.807) is 0 Å². The molecule has 1 aromatic rings. The van der Waals surface area contributed by atoms with Crippen LogP contribution in [0.25, 0.3) is 0 Å². The smallest absolute Gasteiger partial charge is 0.0103 e. The van der Waals surface area contributed by atoms with Gasteiger partial charge < -0.3 is 5.32 Å². The molecule has 0 spiro atoms. The van der Waals surface area contributed by atoms with Crippen LogP contribution < -0.4 is 5.32 Å². The van der Waals surface area contributed by atoms with Gasteiger partial charge in [0.2, 0.25) is 0 Å². The molecular weight excluding hydrogens is 250 g/mol. The average molecular weight is 279 g/mol. The molecule has 1 saturated carbocycles. The van der Waals surface area contributed by atoms with Crippen molar-refractivity contribution in [2.24, 2.45) is 17.8 Å². The second-order valence-electron chi connectivity index (χ2n) is 6.78. The van der Waals surface area contributed by atoms with Gasteiger partial charge in [-0.15, -0.1) is 11.3 Å². The van der Waals surface area contributed by atoms with Crippen molar-refractivity contribution in [1.29, 1.82) is 0 Å². The Morgan fingerprint density at radius 2 is 2.11 bits per heavy atom. The Bertz CT molecular complexity index is 357. The zero-order chi connectivity index (χ0) is 13.8. The quantitative estimate of drug-likeness (QED) is 0.821. The molecule has 4 atom stereocenters. The first kappa shape index (κ1) is 15.1. The predicted molar refractivity (Wildman–Crippen MR) is 85.8 cm³/mol. The predicted octanol–water partition coefficient (Wildman–Crippen LogP) is 4.73. The Morgan fingerprint density at radius 1 is 1.32 bits per heavy atom. The van der Waals surface area contributed by atoms with Gasteiger partial charge in [0, 0.05) is 17.0 Å². The summed E-state index contributed by atoms with van der Waals surface area (Å²) in [5.41, 5.74) is 0. The molecule has 1 aliphatic carbocycles. The number of hydrogen-bond donors (Lipinski definition) is 1. The van der Waals surface area contributed by atoms with E-state index in [4.69, 9.17) is 0 Å².